The Bertz CT molecular complexity index is 291. The first-order valence-corrected chi connectivity index (χ1v) is 7.60. The molecular formula is C15H30N2O3. The van der Waals surface area contributed by atoms with Gasteiger partial charge in [-0.25, -0.2) is 4.79 Å². The van der Waals surface area contributed by atoms with Crippen LogP contribution in [0.2, 0.25) is 0 Å². The molecule has 0 radical (unpaired) electrons. The molecule has 0 aromatic carbocycles. The maximum atomic E-state index is 11.8. The van der Waals surface area contributed by atoms with E-state index in [-0.39, 0.29) is 18.6 Å². The molecule has 0 unspecified atom stereocenters. The molecule has 0 saturated heterocycles. The second-order valence-corrected chi connectivity index (χ2v) is 5.94. The molecular weight excluding hydrogens is 256 g/mol. The third-order valence-corrected chi connectivity index (χ3v) is 3.17. The smallest absolute Gasteiger partial charge is 0.323 e. The molecule has 20 heavy (non-hydrogen) atoms. The van der Waals surface area contributed by atoms with Crippen LogP contribution in [0.3, 0.4) is 0 Å². The standard InChI is InChI=1S/C15H30N2O3/c1-12(2)9-7-5-6-8-10-16-15(20)17(13(3)4)11-14(18)19/h12-13H,5-11H2,1-4H3,(H,16,20)(H,18,19). The lowest BCUT2D eigenvalue weighted by Gasteiger charge is -2.25. The summed E-state index contributed by atoms with van der Waals surface area (Å²) in [4.78, 5) is 23.9. The van der Waals surface area contributed by atoms with Crippen molar-refractivity contribution in [3.63, 3.8) is 0 Å². The summed E-state index contributed by atoms with van der Waals surface area (Å²) in [5.41, 5.74) is 0. The number of nitrogens with zero attached hydrogens (tertiary/aromatic N) is 1. The number of nitrogens with one attached hydrogen (secondary N) is 1. The summed E-state index contributed by atoms with van der Waals surface area (Å²) < 4.78 is 0. The van der Waals surface area contributed by atoms with Gasteiger partial charge in [0, 0.05) is 12.6 Å². The maximum absolute atomic E-state index is 11.8. The number of hydrogen-bond acceptors (Lipinski definition) is 2. The molecule has 2 N–H and O–H groups in total. The van der Waals surface area contributed by atoms with Crippen LogP contribution in [0, 0.1) is 5.92 Å². The van der Waals surface area contributed by atoms with Crippen molar-refractivity contribution in [1.82, 2.24) is 10.2 Å². The summed E-state index contributed by atoms with van der Waals surface area (Å²) in [5.74, 6) is -0.229. The lowest BCUT2D eigenvalue weighted by Crippen LogP contribution is -2.46. The fourth-order valence-corrected chi connectivity index (χ4v) is 1.96. The van der Waals surface area contributed by atoms with Gasteiger partial charge >= 0.3 is 12.0 Å². The number of unbranched alkanes of at least 4 members (excludes halogenated alkanes) is 3. The molecule has 2 amide bonds. The quantitative estimate of drug-likeness (QED) is 0.606. The minimum absolute atomic E-state index is 0.114. The van der Waals surface area contributed by atoms with Crippen LogP contribution in [0.4, 0.5) is 4.79 Å². The third kappa shape index (κ3) is 9.64. The fraction of sp³-hybridized carbons (Fsp3) is 0.867. The van der Waals surface area contributed by atoms with Gasteiger partial charge in [0.2, 0.25) is 0 Å². The average Bonchev–Trinajstić information content (AvgIpc) is 2.33. The van der Waals surface area contributed by atoms with Gasteiger partial charge in [0.15, 0.2) is 0 Å². The minimum Gasteiger partial charge on any atom is -0.480 e. The van der Waals surface area contributed by atoms with E-state index in [0.717, 1.165) is 18.8 Å². The van der Waals surface area contributed by atoms with Gasteiger partial charge in [-0.2, -0.15) is 0 Å². The Morgan fingerprint density at radius 3 is 2.15 bits per heavy atom. The van der Waals surface area contributed by atoms with Crippen LogP contribution in [0.25, 0.3) is 0 Å². The normalized spacial score (nSPS) is 10.9. The van der Waals surface area contributed by atoms with Crippen LogP contribution in [-0.4, -0.2) is 41.1 Å². The largest absolute Gasteiger partial charge is 0.480 e. The van der Waals surface area contributed by atoms with Crippen LogP contribution in [-0.2, 0) is 4.79 Å². The monoisotopic (exact) mass is 286 g/mol. The second kappa shape index (κ2) is 10.5. The number of hydrogen-bond donors (Lipinski definition) is 2. The number of carbonyl (C=O) groups excluding carboxylic acids is 1. The Hall–Kier alpha value is -1.26. The molecule has 0 aliphatic rings. The second-order valence-electron chi connectivity index (χ2n) is 5.94. The van der Waals surface area contributed by atoms with Gasteiger partial charge in [-0.15, -0.1) is 0 Å². The van der Waals surface area contributed by atoms with Gasteiger partial charge in [-0.1, -0.05) is 39.5 Å². The van der Waals surface area contributed by atoms with E-state index < -0.39 is 5.97 Å². The Labute approximate surface area is 122 Å². The molecule has 0 aromatic rings. The number of rotatable bonds is 10. The number of aliphatic carboxylic acids is 1. The first-order chi connectivity index (χ1) is 9.34. The SMILES string of the molecule is CC(C)CCCCCCNC(=O)N(CC(=O)O)C(C)C. The predicted molar refractivity (Wildman–Crippen MR) is 80.8 cm³/mol. The van der Waals surface area contributed by atoms with Crippen LogP contribution in [0.15, 0.2) is 0 Å². The van der Waals surface area contributed by atoms with E-state index >= 15 is 0 Å². The summed E-state index contributed by atoms with van der Waals surface area (Å²) >= 11 is 0. The van der Waals surface area contributed by atoms with Crippen molar-refractivity contribution in [1.29, 1.82) is 0 Å². The van der Waals surface area contributed by atoms with Gasteiger partial charge in [-0.05, 0) is 26.2 Å². The zero-order valence-electron chi connectivity index (χ0n) is 13.3. The van der Waals surface area contributed by atoms with Crippen molar-refractivity contribution in [2.45, 2.75) is 65.8 Å². The zero-order valence-corrected chi connectivity index (χ0v) is 13.3. The van der Waals surface area contributed by atoms with E-state index in [1.807, 2.05) is 13.8 Å². The first kappa shape index (κ1) is 18.7. The number of urea groups is 1. The lowest BCUT2D eigenvalue weighted by molar-refractivity contribution is -0.138. The van der Waals surface area contributed by atoms with E-state index in [0.29, 0.717) is 6.54 Å². The first-order valence-electron chi connectivity index (χ1n) is 7.60. The van der Waals surface area contributed by atoms with E-state index in [2.05, 4.69) is 19.2 Å². The summed E-state index contributed by atoms with van der Waals surface area (Å²) in [6.45, 7) is 8.44. The van der Waals surface area contributed by atoms with E-state index in [9.17, 15) is 9.59 Å². The van der Waals surface area contributed by atoms with Crippen LogP contribution >= 0.6 is 0 Å². The van der Waals surface area contributed by atoms with Crippen LogP contribution < -0.4 is 5.32 Å². The van der Waals surface area contributed by atoms with E-state index in [1.165, 1.54) is 24.2 Å². The molecule has 0 spiro atoms. The summed E-state index contributed by atoms with van der Waals surface area (Å²) in [5, 5.41) is 11.6. The summed E-state index contributed by atoms with van der Waals surface area (Å²) in [7, 11) is 0. The molecule has 0 rings (SSSR count). The average molecular weight is 286 g/mol. The Morgan fingerprint density at radius 1 is 1.05 bits per heavy atom. The molecule has 0 bridgehead atoms. The molecule has 0 aromatic heterocycles. The van der Waals surface area contributed by atoms with Crippen LogP contribution in [0.1, 0.15) is 59.8 Å². The highest BCUT2D eigenvalue weighted by atomic mass is 16.4. The van der Waals surface area contributed by atoms with E-state index in [4.69, 9.17) is 5.11 Å². The van der Waals surface area contributed by atoms with Gasteiger partial charge < -0.3 is 15.3 Å². The third-order valence-electron chi connectivity index (χ3n) is 3.17. The van der Waals surface area contributed by atoms with Gasteiger partial charge in [0.05, 0.1) is 0 Å². The predicted octanol–water partition coefficient (Wildman–Crippen LogP) is 3.10. The molecule has 0 fully saturated rings. The highest BCUT2D eigenvalue weighted by molar-refractivity contribution is 5.80. The lowest BCUT2D eigenvalue weighted by atomic mass is 10.0. The zero-order chi connectivity index (χ0) is 15.5. The highest BCUT2D eigenvalue weighted by Crippen LogP contribution is 2.09. The van der Waals surface area contributed by atoms with Gasteiger partial charge in [-0.3, -0.25) is 4.79 Å². The molecule has 0 aliphatic carbocycles. The molecule has 0 heterocycles. The molecule has 118 valence electrons. The molecule has 5 heteroatoms. The Kier molecular flexibility index (Phi) is 9.86. The number of carboxylic acids is 1. The molecule has 0 saturated carbocycles. The Morgan fingerprint density at radius 2 is 1.65 bits per heavy atom. The molecule has 5 nitrogen and oxygen atoms in total. The van der Waals surface area contributed by atoms with Crippen molar-refractivity contribution < 1.29 is 14.7 Å². The molecule has 0 atom stereocenters. The van der Waals surface area contributed by atoms with Crippen molar-refractivity contribution >= 4 is 12.0 Å². The van der Waals surface area contributed by atoms with Gasteiger partial charge in [0.1, 0.15) is 6.54 Å². The van der Waals surface area contributed by atoms with Gasteiger partial charge in [0.25, 0.3) is 0 Å². The summed E-state index contributed by atoms with van der Waals surface area (Å²) in [6, 6.07) is -0.401. The summed E-state index contributed by atoms with van der Waals surface area (Å²) in [6.07, 6.45) is 5.74. The van der Waals surface area contributed by atoms with Crippen molar-refractivity contribution in [2.24, 2.45) is 5.92 Å². The topological polar surface area (TPSA) is 69.6 Å². The number of carboxylic acid groups (broad SMARTS) is 1. The highest BCUT2D eigenvalue weighted by Gasteiger charge is 2.18. The molecule has 0 aliphatic heterocycles. The van der Waals surface area contributed by atoms with Crippen molar-refractivity contribution in [2.75, 3.05) is 13.1 Å². The van der Waals surface area contributed by atoms with E-state index in [1.54, 1.807) is 0 Å². The maximum Gasteiger partial charge on any atom is 0.323 e. The van der Waals surface area contributed by atoms with Crippen molar-refractivity contribution in [3.8, 4) is 0 Å². The number of amides is 2. The van der Waals surface area contributed by atoms with Crippen LogP contribution in [0.5, 0.6) is 0 Å². The number of carbonyl (C=O) groups is 2. The Balaban J connectivity index is 3.77. The minimum atomic E-state index is -0.984. The van der Waals surface area contributed by atoms with Crippen molar-refractivity contribution in [3.05, 3.63) is 0 Å². The fourth-order valence-electron chi connectivity index (χ4n) is 1.96.